The largest absolute Gasteiger partial charge is 0.415 e. The monoisotopic (exact) mass is 611 g/mol. The van der Waals surface area contributed by atoms with E-state index in [0.29, 0.717) is 28.8 Å². The molecule has 41 heavy (non-hydrogen) atoms. The van der Waals surface area contributed by atoms with E-state index in [-0.39, 0.29) is 29.4 Å². The molecule has 0 radical (unpaired) electrons. The lowest BCUT2D eigenvalue weighted by molar-refractivity contribution is -0.136. The number of aryl methyl sites for hydroxylation is 2. The molecule has 2 aromatic carbocycles. The topological polar surface area (TPSA) is 65.2 Å². The van der Waals surface area contributed by atoms with Crippen LogP contribution in [0.25, 0.3) is 22.0 Å². The van der Waals surface area contributed by atoms with Crippen LogP contribution in [0.15, 0.2) is 42.7 Å². The van der Waals surface area contributed by atoms with E-state index in [0.717, 1.165) is 27.6 Å². The Morgan fingerprint density at radius 1 is 1.15 bits per heavy atom. The minimum Gasteiger partial charge on any atom is -0.415 e. The van der Waals surface area contributed by atoms with E-state index in [9.17, 15) is 4.79 Å². The predicted octanol–water partition coefficient (Wildman–Crippen LogP) is 7.36. The molecule has 0 fully saturated rings. The Bertz CT molecular complexity index is 1620. The molecule has 3 heterocycles. The minimum absolute atomic E-state index is 0.00641. The van der Waals surface area contributed by atoms with Gasteiger partial charge >= 0.3 is 0 Å². The summed E-state index contributed by atoms with van der Waals surface area (Å²) in [5, 5.41) is 10.4. The molecule has 0 bridgehead atoms. The van der Waals surface area contributed by atoms with Gasteiger partial charge in [0.25, 0.3) is 0 Å². The number of fused-ring (bicyclic) bond motifs is 2. The van der Waals surface area contributed by atoms with Crippen LogP contribution >= 0.6 is 23.2 Å². The van der Waals surface area contributed by atoms with Gasteiger partial charge in [-0.25, -0.2) is 0 Å². The maximum Gasteiger partial charge on any atom is 0.227 e. The molecule has 4 aromatic rings. The molecular weight excluding hydrogens is 573 g/mol. The van der Waals surface area contributed by atoms with Gasteiger partial charge in [0, 0.05) is 36.3 Å². The molecule has 1 amide bonds. The average Bonchev–Trinajstić information content (AvgIpc) is 3.45. The van der Waals surface area contributed by atoms with Gasteiger partial charge in [0.05, 0.1) is 36.8 Å². The Labute approximate surface area is 253 Å². The van der Waals surface area contributed by atoms with Gasteiger partial charge in [-0.3, -0.25) is 14.2 Å². The highest BCUT2D eigenvalue weighted by Gasteiger charge is 2.41. The minimum atomic E-state index is -2.07. The highest BCUT2D eigenvalue weighted by molar-refractivity contribution is 6.74. The van der Waals surface area contributed by atoms with Crippen LogP contribution in [0.5, 0.6) is 0 Å². The maximum atomic E-state index is 14.3. The van der Waals surface area contributed by atoms with Crippen molar-refractivity contribution in [2.24, 2.45) is 14.1 Å². The lowest BCUT2D eigenvalue weighted by Gasteiger charge is -2.45. The standard InChI is InChI=1S/C31H39Cl2N5O2Si/c1-19-22-10-9-11-23(20-16-34-36(5)17-20)24(22)14-21(18-40-41(7,8)31(2,3)4)38(19)28(39)15-25-26(32)12-13-27-29(25)30(33)35-37(27)6/h9-13,16-17,19,21H,14-15,18H2,1-8H3/t19-,21+/m0/s1. The van der Waals surface area contributed by atoms with Gasteiger partial charge in [-0.2, -0.15) is 10.2 Å². The summed E-state index contributed by atoms with van der Waals surface area (Å²) >= 11 is 13.2. The molecular formula is C31H39Cl2N5O2Si. The van der Waals surface area contributed by atoms with Crippen LogP contribution in [0.4, 0.5) is 0 Å². The zero-order valence-electron chi connectivity index (χ0n) is 25.1. The molecule has 10 heteroatoms. The third-order valence-corrected chi connectivity index (χ3v) is 14.1. The summed E-state index contributed by atoms with van der Waals surface area (Å²) in [5.41, 5.74) is 6.17. The van der Waals surface area contributed by atoms with Crippen LogP contribution in [-0.4, -0.2) is 51.3 Å². The van der Waals surface area contributed by atoms with Crippen molar-refractivity contribution in [2.45, 2.75) is 70.8 Å². The van der Waals surface area contributed by atoms with Crippen LogP contribution in [0, 0.1) is 0 Å². The molecule has 2 aromatic heterocycles. The first-order valence-electron chi connectivity index (χ1n) is 14.0. The van der Waals surface area contributed by atoms with Crippen molar-refractivity contribution in [3.8, 4) is 11.1 Å². The fourth-order valence-corrected chi connectivity index (χ4v) is 7.29. The summed E-state index contributed by atoms with van der Waals surface area (Å²) in [5.74, 6) is -0.00641. The summed E-state index contributed by atoms with van der Waals surface area (Å²) in [6.45, 7) is 13.8. The van der Waals surface area contributed by atoms with Crippen molar-refractivity contribution in [3.05, 3.63) is 69.6 Å². The molecule has 1 aliphatic heterocycles. The number of aromatic nitrogens is 4. The number of hydrogen-bond acceptors (Lipinski definition) is 4. The molecule has 0 N–H and O–H groups in total. The molecule has 0 saturated carbocycles. The van der Waals surface area contributed by atoms with E-state index in [1.54, 1.807) is 4.68 Å². The second-order valence-corrected chi connectivity index (χ2v) is 18.3. The van der Waals surface area contributed by atoms with Crippen molar-refractivity contribution < 1.29 is 9.22 Å². The van der Waals surface area contributed by atoms with Crippen molar-refractivity contribution >= 4 is 48.3 Å². The predicted molar refractivity (Wildman–Crippen MR) is 169 cm³/mol. The Kier molecular flexibility index (Phi) is 7.91. The van der Waals surface area contributed by atoms with E-state index in [4.69, 9.17) is 27.6 Å². The average molecular weight is 613 g/mol. The highest BCUT2D eigenvalue weighted by Crippen LogP contribution is 2.41. The molecule has 0 unspecified atom stereocenters. The molecule has 1 aliphatic rings. The number of carbonyl (C=O) groups is 1. The van der Waals surface area contributed by atoms with Gasteiger partial charge in [0.2, 0.25) is 5.91 Å². The third-order valence-electron chi connectivity index (χ3n) is 9.01. The second kappa shape index (κ2) is 10.9. The number of halogens is 2. The van der Waals surface area contributed by atoms with Crippen molar-refractivity contribution in [2.75, 3.05) is 6.61 Å². The highest BCUT2D eigenvalue weighted by atomic mass is 35.5. The summed E-state index contributed by atoms with van der Waals surface area (Å²) < 4.78 is 10.3. The molecule has 218 valence electrons. The smallest absolute Gasteiger partial charge is 0.227 e. The molecule has 2 atom stereocenters. The van der Waals surface area contributed by atoms with Gasteiger partial charge < -0.3 is 9.33 Å². The number of rotatable bonds is 6. The van der Waals surface area contributed by atoms with Crippen molar-refractivity contribution in [3.63, 3.8) is 0 Å². The van der Waals surface area contributed by atoms with Gasteiger partial charge in [0.15, 0.2) is 13.5 Å². The van der Waals surface area contributed by atoms with E-state index in [2.05, 4.69) is 69.2 Å². The van der Waals surface area contributed by atoms with Gasteiger partial charge in [-0.05, 0) is 65.9 Å². The summed E-state index contributed by atoms with van der Waals surface area (Å²) in [6.07, 6.45) is 4.76. The maximum absolute atomic E-state index is 14.3. The van der Waals surface area contributed by atoms with E-state index in [1.807, 2.05) is 48.2 Å². The first-order valence-corrected chi connectivity index (χ1v) is 17.7. The number of amides is 1. The molecule has 5 rings (SSSR count). The number of benzene rings is 2. The van der Waals surface area contributed by atoms with Crippen molar-refractivity contribution in [1.29, 1.82) is 0 Å². The summed E-state index contributed by atoms with van der Waals surface area (Å²) in [6, 6.07) is 9.77. The first-order chi connectivity index (χ1) is 19.2. The fraction of sp³-hybridized carbons (Fsp3) is 0.452. The van der Waals surface area contributed by atoms with Gasteiger partial charge in [0.1, 0.15) is 0 Å². The SMILES string of the molecule is C[C@H]1c2cccc(-c3cnn(C)c3)c2C[C@H](CO[Si](C)(C)C(C)(C)C)N1C(=O)Cc1c(Cl)ccc2c1c(Cl)nn2C. The Balaban J connectivity index is 1.56. The normalized spacial score (nSPS) is 17.8. The zero-order valence-corrected chi connectivity index (χ0v) is 27.6. The molecule has 0 saturated heterocycles. The Morgan fingerprint density at radius 3 is 2.54 bits per heavy atom. The third kappa shape index (κ3) is 5.47. The molecule has 0 aliphatic carbocycles. The van der Waals surface area contributed by atoms with E-state index in [1.165, 1.54) is 5.56 Å². The Hall–Kier alpha value is -2.65. The van der Waals surface area contributed by atoms with Crippen LogP contribution in [0.3, 0.4) is 0 Å². The van der Waals surface area contributed by atoms with Crippen LogP contribution in [0.2, 0.25) is 28.3 Å². The van der Waals surface area contributed by atoms with Gasteiger partial charge in [-0.15, -0.1) is 0 Å². The lowest BCUT2D eigenvalue weighted by atomic mass is 9.84. The van der Waals surface area contributed by atoms with Crippen LogP contribution in [-0.2, 0) is 36.2 Å². The van der Waals surface area contributed by atoms with E-state index < -0.39 is 8.32 Å². The number of hydrogen-bond donors (Lipinski definition) is 0. The zero-order chi connectivity index (χ0) is 29.9. The molecule has 0 spiro atoms. The van der Waals surface area contributed by atoms with Crippen LogP contribution in [0.1, 0.15) is 50.4 Å². The summed E-state index contributed by atoms with van der Waals surface area (Å²) in [4.78, 5) is 16.3. The lowest BCUT2D eigenvalue weighted by Crippen LogP contribution is -2.52. The van der Waals surface area contributed by atoms with Gasteiger partial charge in [-0.1, -0.05) is 62.2 Å². The van der Waals surface area contributed by atoms with Crippen molar-refractivity contribution in [1.82, 2.24) is 24.5 Å². The number of nitrogens with zero attached hydrogens (tertiary/aromatic N) is 5. The Morgan fingerprint density at radius 2 is 1.88 bits per heavy atom. The van der Waals surface area contributed by atoms with Crippen LogP contribution < -0.4 is 0 Å². The quantitative estimate of drug-likeness (QED) is 0.214. The first kappa shape index (κ1) is 29.8. The number of carbonyl (C=O) groups excluding carboxylic acids is 1. The second-order valence-electron chi connectivity index (χ2n) is 12.7. The molecule has 7 nitrogen and oxygen atoms in total. The summed E-state index contributed by atoms with van der Waals surface area (Å²) in [7, 11) is 1.70. The van der Waals surface area contributed by atoms with E-state index >= 15 is 0 Å². The fourth-order valence-electron chi connectivity index (χ4n) is 5.70.